The van der Waals surface area contributed by atoms with E-state index in [1.165, 1.54) is 0 Å². The molecule has 0 amide bonds. The van der Waals surface area contributed by atoms with Gasteiger partial charge in [0.15, 0.2) is 5.96 Å². The molecule has 0 fully saturated rings. The number of hydrogen-bond acceptors (Lipinski definition) is 1. The second-order valence-electron chi connectivity index (χ2n) is 2.58. The molecule has 0 aliphatic heterocycles. The zero-order valence-electron chi connectivity index (χ0n) is 8.08. The molecule has 0 aliphatic rings. The van der Waals surface area contributed by atoms with Gasteiger partial charge in [0.1, 0.15) is 0 Å². The van der Waals surface area contributed by atoms with Crippen molar-refractivity contribution in [1.82, 2.24) is 4.90 Å². The predicted molar refractivity (Wildman–Crippen MR) is 58.4 cm³/mol. The first-order chi connectivity index (χ1) is 6.26. The average Bonchev–Trinajstić information content (AvgIpc) is 2.14. The van der Waals surface area contributed by atoms with Crippen molar-refractivity contribution in [1.29, 1.82) is 0 Å². The average molecular weight is 180 g/mol. The fourth-order valence-corrected chi connectivity index (χ4v) is 0.904. The minimum Gasteiger partial charge on any atom is -0.370 e. The van der Waals surface area contributed by atoms with Crippen LogP contribution >= 0.6 is 0 Å². The number of hydrogen-bond donors (Lipinski definition) is 1. The van der Waals surface area contributed by atoms with Crippen molar-refractivity contribution in [2.45, 2.75) is 6.42 Å². The third kappa shape index (κ3) is 5.06. The lowest BCUT2D eigenvalue weighted by Crippen LogP contribution is -2.38. The highest BCUT2D eigenvalue weighted by atomic mass is 15.2. The maximum absolute atomic E-state index is 5.73. The molecule has 2 N–H and O–H groups in total. The van der Waals surface area contributed by atoms with Gasteiger partial charge in [-0.1, -0.05) is 19.1 Å². The van der Waals surface area contributed by atoms with E-state index in [1.54, 1.807) is 12.2 Å². The lowest BCUT2D eigenvalue weighted by molar-refractivity contribution is 0.462. The van der Waals surface area contributed by atoms with Crippen molar-refractivity contribution in [2.24, 2.45) is 10.7 Å². The van der Waals surface area contributed by atoms with E-state index in [0.29, 0.717) is 19.0 Å². The minimum atomic E-state index is 0.531. The SMILES string of the molecule is [CH2]CCN(CC=C)C(N)=NCC=C. The summed E-state index contributed by atoms with van der Waals surface area (Å²) in [6.07, 6.45) is 4.31. The lowest BCUT2D eigenvalue weighted by atomic mass is 10.4. The van der Waals surface area contributed by atoms with Crippen LogP contribution in [0.3, 0.4) is 0 Å². The van der Waals surface area contributed by atoms with E-state index in [-0.39, 0.29) is 0 Å². The van der Waals surface area contributed by atoms with Crippen LogP contribution in [0.5, 0.6) is 0 Å². The molecule has 0 saturated carbocycles. The van der Waals surface area contributed by atoms with Crippen LogP contribution in [0.25, 0.3) is 0 Å². The van der Waals surface area contributed by atoms with Crippen LogP contribution < -0.4 is 5.73 Å². The molecule has 0 unspecified atom stereocenters. The van der Waals surface area contributed by atoms with Crippen molar-refractivity contribution in [3.63, 3.8) is 0 Å². The zero-order chi connectivity index (χ0) is 10.1. The second-order valence-corrected chi connectivity index (χ2v) is 2.58. The molecule has 0 aliphatic carbocycles. The quantitative estimate of drug-likeness (QED) is 0.379. The highest BCUT2D eigenvalue weighted by Gasteiger charge is 2.02. The summed E-state index contributed by atoms with van der Waals surface area (Å²) in [5, 5.41) is 0. The Balaban J connectivity index is 4.15. The Hall–Kier alpha value is -1.25. The van der Waals surface area contributed by atoms with Gasteiger partial charge in [-0.25, -0.2) is 4.99 Å². The van der Waals surface area contributed by atoms with Crippen LogP contribution in [0.4, 0.5) is 0 Å². The summed E-state index contributed by atoms with van der Waals surface area (Å²) in [5.74, 6) is 0.531. The number of nitrogens with two attached hydrogens (primary N) is 1. The fraction of sp³-hybridized carbons (Fsp3) is 0.400. The molecule has 0 rings (SSSR count). The molecule has 13 heavy (non-hydrogen) atoms. The molecule has 0 aromatic carbocycles. The highest BCUT2D eigenvalue weighted by Crippen LogP contribution is 1.91. The van der Waals surface area contributed by atoms with Gasteiger partial charge in [0.05, 0.1) is 6.54 Å². The summed E-state index contributed by atoms with van der Waals surface area (Å²) < 4.78 is 0. The standard InChI is InChI=1S/C10H18N3/c1-4-7-12-10(11)13(8-5-2)9-6-3/h4-5H,1-3,6-9H2,(H2,11,12). The maximum atomic E-state index is 5.73. The van der Waals surface area contributed by atoms with E-state index in [9.17, 15) is 0 Å². The fourth-order valence-electron chi connectivity index (χ4n) is 0.904. The van der Waals surface area contributed by atoms with Crippen LogP contribution in [-0.2, 0) is 0 Å². The lowest BCUT2D eigenvalue weighted by Gasteiger charge is -2.20. The summed E-state index contributed by atoms with van der Waals surface area (Å²) in [6, 6.07) is 0. The third-order valence-electron chi connectivity index (χ3n) is 1.48. The van der Waals surface area contributed by atoms with Gasteiger partial charge in [0, 0.05) is 13.1 Å². The van der Waals surface area contributed by atoms with Crippen molar-refractivity contribution < 1.29 is 0 Å². The van der Waals surface area contributed by atoms with E-state index in [2.05, 4.69) is 25.1 Å². The van der Waals surface area contributed by atoms with Crippen LogP contribution in [0.1, 0.15) is 6.42 Å². The Morgan fingerprint density at radius 2 is 2.08 bits per heavy atom. The van der Waals surface area contributed by atoms with E-state index >= 15 is 0 Å². The molecule has 0 heterocycles. The van der Waals surface area contributed by atoms with E-state index < -0.39 is 0 Å². The normalized spacial score (nSPS) is 11.0. The van der Waals surface area contributed by atoms with Gasteiger partial charge in [-0.15, -0.1) is 13.2 Å². The Bertz CT molecular complexity index is 185. The van der Waals surface area contributed by atoms with Gasteiger partial charge < -0.3 is 10.6 Å². The first kappa shape index (κ1) is 11.8. The van der Waals surface area contributed by atoms with E-state index in [0.717, 1.165) is 13.0 Å². The summed E-state index contributed by atoms with van der Waals surface area (Å²) in [6.45, 7) is 13.1. The molecule has 0 aromatic heterocycles. The number of nitrogens with zero attached hydrogens (tertiary/aromatic N) is 2. The van der Waals surface area contributed by atoms with Crippen LogP contribution in [0.15, 0.2) is 30.3 Å². The molecule has 0 atom stereocenters. The Kier molecular flexibility index (Phi) is 6.69. The van der Waals surface area contributed by atoms with Gasteiger partial charge in [-0.2, -0.15) is 0 Å². The van der Waals surface area contributed by atoms with Crippen molar-refractivity contribution in [2.75, 3.05) is 19.6 Å². The molecule has 1 radical (unpaired) electrons. The summed E-state index contributed by atoms with van der Waals surface area (Å²) >= 11 is 0. The molecule has 0 saturated heterocycles. The summed E-state index contributed by atoms with van der Waals surface area (Å²) in [7, 11) is 0. The predicted octanol–water partition coefficient (Wildman–Crippen LogP) is 1.20. The summed E-state index contributed by atoms with van der Waals surface area (Å²) in [5.41, 5.74) is 5.73. The molecule has 0 aromatic rings. The Morgan fingerprint density at radius 3 is 2.54 bits per heavy atom. The van der Waals surface area contributed by atoms with Gasteiger partial charge in [0.25, 0.3) is 0 Å². The molecule has 73 valence electrons. The largest absolute Gasteiger partial charge is 0.370 e. The first-order valence-electron chi connectivity index (χ1n) is 4.32. The molecule has 0 bridgehead atoms. The number of aliphatic imine (C=N–C) groups is 1. The highest BCUT2D eigenvalue weighted by molar-refractivity contribution is 5.78. The van der Waals surface area contributed by atoms with Crippen molar-refractivity contribution >= 4 is 5.96 Å². The van der Waals surface area contributed by atoms with Crippen LogP contribution in [0, 0.1) is 6.92 Å². The van der Waals surface area contributed by atoms with E-state index in [4.69, 9.17) is 5.73 Å². The number of rotatable bonds is 6. The molecule has 3 nitrogen and oxygen atoms in total. The molecular formula is C10H18N3. The number of guanidine groups is 1. The van der Waals surface area contributed by atoms with Crippen molar-refractivity contribution in [3.05, 3.63) is 32.2 Å². The van der Waals surface area contributed by atoms with E-state index in [1.807, 2.05) is 4.90 Å². The second kappa shape index (κ2) is 7.40. The topological polar surface area (TPSA) is 41.6 Å². The summed E-state index contributed by atoms with van der Waals surface area (Å²) in [4.78, 5) is 6.04. The van der Waals surface area contributed by atoms with Crippen LogP contribution in [-0.4, -0.2) is 30.5 Å². The minimum absolute atomic E-state index is 0.531. The Morgan fingerprint density at radius 1 is 1.38 bits per heavy atom. The molecular weight excluding hydrogens is 162 g/mol. The first-order valence-corrected chi connectivity index (χ1v) is 4.32. The third-order valence-corrected chi connectivity index (χ3v) is 1.48. The van der Waals surface area contributed by atoms with Crippen molar-refractivity contribution in [3.8, 4) is 0 Å². The molecule has 3 heteroatoms. The van der Waals surface area contributed by atoms with Gasteiger partial charge in [-0.05, 0) is 6.42 Å². The van der Waals surface area contributed by atoms with Gasteiger partial charge >= 0.3 is 0 Å². The molecule has 0 spiro atoms. The van der Waals surface area contributed by atoms with Gasteiger partial charge in [0.2, 0.25) is 0 Å². The monoisotopic (exact) mass is 180 g/mol. The van der Waals surface area contributed by atoms with Crippen LogP contribution in [0.2, 0.25) is 0 Å². The smallest absolute Gasteiger partial charge is 0.191 e. The Labute approximate surface area is 80.6 Å². The van der Waals surface area contributed by atoms with Gasteiger partial charge in [-0.3, -0.25) is 0 Å². The zero-order valence-corrected chi connectivity index (χ0v) is 8.08. The maximum Gasteiger partial charge on any atom is 0.191 e.